The number of aliphatic hydroxyl groups excluding tert-OH is 1. The Morgan fingerprint density at radius 3 is 2.16 bits per heavy atom. The summed E-state index contributed by atoms with van der Waals surface area (Å²) in [5, 5.41) is 29.6. The van der Waals surface area contributed by atoms with Crippen LogP contribution in [-0.2, 0) is 19.2 Å². The van der Waals surface area contributed by atoms with E-state index in [1.165, 1.54) is 0 Å². The molecule has 0 rings (SSSR count). The third-order valence-corrected chi connectivity index (χ3v) is 1.97. The van der Waals surface area contributed by atoms with Crippen molar-refractivity contribution in [3.63, 3.8) is 0 Å². The number of nitrogens with one attached hydrogen (secondary N) is 2. The van der Waals surface area contributed by atoms with E-state index < -0.39 is 55.4 Å². The van der Waals surface area contributed by atoms with E-state index in [4.69, 9.17) is 21.1 Å². The SMILES string of the molecule is N[C@@H](CO)C(=O)NCC(=O)N[C@@H](CC(=O)O)C(=O)O. The van der Waals surface area contributed by atoms with Gasteiger partial charge in [-0.2, -0.15) is 0 Å². The van der Waals surface area contributed by atoms with E-state index in [1.54, 1.807) is 0 Å². The Balaban J connectivity index is 4.24. The largest absolute Gasteiger partial charge is 0.481 e. The topological polar surface area (TPSA) is 179 Å². The summed E-state index contributed by atoms with van der Waals surface area (Å²) in [6.07, 6.45) is -0.787. The molecular formula is C9H15N3O7. The van der Waals surface area contributed by atoms with E-state index in [0.717, 1.165) is 0 Å². The Morgan fingerprint density at radius 1 is 1.16 bits per heavy atom. The molecule has 0 aliphatic heterocycles. The minimum absolute atomic E-state index is 0.573. The molecule has 0 saturated carbocycles. The zero-order chi connectivity index (χ0) is 15.0. The van der Waals surface area contributed by atoms with Crippen molar-refractivity contribution in [2.75, 3.05) is 13.2 Å². The summed E-state index contributed by atoms with van der Waals surface area (Å²) in [6, 6.07) is -2.78. The molecule has 0 radical (unpaired) electrons. The van der Waals surface area contributed by atoms with E-state index in [0.29, 0.717) is 0 Å². The molecule has 10 nitrogen and oxygen atoms in total. The summed E-state index contributed by atoms with van der Waals surface area (Å²) in [5.74, 6) is -4.57. The monoisotopic (exact) mass is 277 g/mol. The molecule has 0 aromatic heterocycles. The molecule has 19 heavy (non-hydrogen) atoms. The second kappa shape index (κ2) is 8.00. The van der Waals surface area contributed by atoms with Crippen molar-refractivity contribution < 1.29 is 34.5 Å². The van der Waals surface area contributed by atoms with Crippen LogP contribution >= 0.6 is 0 Å². The number of amides is 2. The summed E-state index contributed by atoms with van der Waals surface area (Å²) < 4.78 is 0. The van der Waals surface area contributed by atoms with Crippen LogP contribution in [0.5, 0.6) is 0 Å². The molecule has 0 heterocycles. The molecule has 0 fully saturated rings. The first-order chi connectivity index (χ1) is 8.77. The number of aliphatic hydroxyl groups is 1. The van der Waals surface area contributed by atoms with Crippen LogP contribution in [0, 0.1) is 0 Å². The van der Waals surface area contributed by atoms with Crippen molar-refractivity contribution in [1.82, 2.24) is 10.6 Å². The van der Waals surface area contributed by atoms with Gasteiger partial charge in [0.2, 0.25) is 11.8 Å². The molecule has 0 unspecified atom stereocenters. The normalized spacial score (nSPS) is 13.2. The van der Waals surface area contributed by atoms with Crippen molar-refractivity contribution in [2.45, 2.75) is 18.5 Å². The van der Waals surface area contributed by atoms with Crippen LogP contribution in [0.15, 0.2) is 0 Å². The number of aliphatic carboxylic acids is 2. The molecule has 2 amide bonds. The van der Waals surface area contributed by atoms with Gasteiger partial charge in [-0.15, -0.1) is 0 Å². The molecule has 0 aromatic rings. The van der Waals surface area contributed by atoms with Crippen LogP contribution in [0.3, 0.4) is 0 Å². The van der Waals surface area contributed by atoms with E-state index in [2.05, 4.69) is 5.32 Å². The molecule has 108 valence electrons. The van der Waals surface area contributed by atoms with Crippen molar-refractivity contribution in [3.05, 3.63) is 0 Å². The van der Waals surface area contributed by atoms with Gasteiger partial charge in [-0.25, -0.2) is 4.79 Å². The second-order valence-corrected chi connectivity index (χ2v) is 3.56. The molecule has 0 aliphatic carbocycles. The lowest BCUT2D eigenvalue weighted by molar-refractivity contribution is -0.147. The van der Waals surface area contributed by atoms with Crippen molar-refractivity contribution in [3.8, 4) is 0 Å². The summed E-state index contributed by atoms with van der Waals surface area (Å²) in [7, 11) is 0. The second-order valence-electron chi connectivity index (χ2n) is 3.56. The van der Waals surface area contributed by atoms with Crippen molar-refractivity contribution in [1.29, 1.82) is 0 Å². The number of hydrogen-bond acceptors (Lipinski definition) is 6. The van der Waals surface area contributed by atoms with E-state index in [1.807, 2.05) is 5.32 Å². The Labute approximate surface area is 107 Å². The number of carbonyl (C=O) groups excluding carboxylic acids is 2. The maximum Gasteiger partial charge on any atom is 0.326 e. The highest BCUT2D eigenvalue weighted by Crippen LogP contribution is 1.92. The summed E-state index contributed by atoms with van der Waals surface area (Å²) in [5.41, 5.74) is 5.15. The maximum atomic E-state index is 11.3. The molecule has 7 N–H and O–H groups in total. The molecular weight excluding hydrogens is 262 g/mol. The van der Waals surface area contributed by atoms with Crippen molar-refractivity contribution >= 4 is 23.8 Å². The number of nitrogens with two attached hydrogens (primary N) is 1. The van der Waals surface area contributed by atoms with Gasteiger partial charge in [0.25, 0.3) is 0 Å². The lowest BCUT2D eigenvalue weighted by Crippen LogP contribution is -2.49. The van der Waals surface area contributed by atoms with E-state index in [9.17, 15) is 19.2 Å². The van der Waals surface area contributed by atoms with Crippen LogP contribution in [-0.4, -0.2) is 64.3 Å². The van der Waals surface area contributed by atoms with E-state index >= 15 is 0 Å². The van der Waals surface area contributed by atoms with Gasteiger partial charge in [0.05, 0.1) is 19.6 Å². The lowest BCUT2D eigenvalue weighted by Gasteiger charge is -2.13. The third kappa shape index (κ3) is 6.95. The van der Waals surface area contributed by atoms with Gasteiger partial charge >= 0.3 is 11.9 Å². The molecule has 2 atom stereocenters. The zero-order valence-electron chi connectivity index (χ0n) is 9.83. The van der Waals surface area contributed by atoms with Gasteiger partial charge in [0, 0.05) is 0 Å². The number of carbonyl (C=O) groups is 4. The average molecular weight is 277 g/mol. The number of carboxylic acids is 2. The minimum atomic E-state index is -1.59. The summed E-state index contributed by atoms with van der Waals surface area (Å²) in [6.45, 7) is -1.18. The first-order valence-electron chi connectivity index (χ1n) is 5.16. The Morgan fingerprint density at radius 2 is 1.74 bits per heavy atom. The van der Waals surface area contributed by atoms with Gasteiger partial charge < -0.3 is 31.7 Å². The average Bonchev–Trinajstić information content (AvgIpc) is 2.33. The van der Waals surface area contributed by atoms with Gasteiger partial charge in [0.1, 0.15) is 12.1 Å². The first kappa shape index (κ1) is 16.8. The summed E-state index contributed by atoms with van der Waals surface area (Å²) in [4.78, 5) is 43.4. The van der Waals surface area contributed by atoms with Gasteiger partial charge in [0.15, 0.2) is 0 Å². The Hall–Kier alpha value is -2.20. The minimum Gasteiger partial charge on any atom is -0.481 e. The number of carboxylic acid groups (broad SMARTS) is 2. The highest BCUT2D eigenvalue weighted by molar-refractivity contribution is 5.90. The fourth-order valence-electron chi connectivity index (χ4n) is 1.00. The van der Waals surface area contributed by atoms with Crippen LogP contribution in [0.4, 0.5) is 0 Å². The molecule has 0 saturated heterocycles. The zero-order valence-corrected chi connectivity index (χ0v) is 9.83. The van der Waals surface area contributed by atoms with Gasteiger partial charge in [-0.05, 0) is 0 Å². The molecule has 10 heteroatoms. The number of hydrogen-bond donors (Lipinski definition) is 6. The molecule has 0 aliphatic rings. The fourth-order valence-corrected chi connectivity index (χ4v) is 1.00. The predicted molar refractivity (Wildman–Crippen MR) is 59.9 cm³/mol. The van der Waals surface area contributed by atoms with E-state index in [-0.39, 0.29) is 0 Å². The van der Waals surface area contributed by atoms with Gasteiger partial charge in [-0.3, -0.25) is 14.4 Å². The fraction of sp³-hybridized carbons (Fsp3) is 0.556. The Kier molecular flexibility index (Phi) is 7.07. The quantitative estimate of drug-likeness (QED) is 0.264. The Bertz CT molecular complexity index is 371. The third-order valence-electron chi connectivity index (χ3n) is 1.97. The van der Waals surface area contributed by atoms with Crippen molar-refractivity contribution in [2.24, 2.45) is 5.73 Å². The van der Waals surface area contributed by atoms with Gasteiger partial charge in [-0.1, -0.05) is 0 Å². The highest BCUT2D eigenvalue weighted by Gasteiger charge is 2.23. The lowest BCUT2D eigenvalue weighted by atomic mass is 10.2. The smallest absolute Gasteiger partial charge is 0.326 e. The standard InChI is InChI=1S/C9H15N3O7/c10-4(3-13)8(17)11-2-6(14)12-5(9(18)19)1-7(15)16/h4-5,13H,1-3,10H2,(H,11,17)(H,12,14)(H,15,16)(H,18,19)/t4-,5-/m0/s1. The first-order valence-corrected chi connectivity index (χ1v) is 5.16. The predicted octanol–water partition coefficient (Wildman–Crippen LogP) is -3.53. The molecule has 0 spiro atoms. The number of rotatable bonds is 8. The van der Waals surface area contributed by atoms with Crippen LogP contribution < -0.4 is 16.4 Å². The highest BCUT2D eigenvalue weighted by atomic mass is 16.4. The molecule has 0 aromatic carbocycles. The van der Waals surface area contributed by atoms with Crippen LogP contribution in [0.1, 0.15) is 6.42 Å². The maximum absolute atomic E-state index is 11.3. The summed E-state index contributed by atoms with van der Waals surface area (Å²) >= 11 is 0. The molecule has 0 bridgehead atoms. The van der Waals surface area contributed by atoms with Crippen LogP contribution in [0.2, 0.25) is 0 Å². The van der Waals surface area contributed by atoms with Crippen LogP contribution in [0.25, 0.3) is 0 Å².